The summed E-state index contributed by atoms with van der Waals surface area (Å²) in [5, 5.41) is 25.4. The van der Waals surface area contributed by atoms with Crippen molar-refractivity contribution in [2.75, 3.05) is 0 Å². The number of aromatic nitrogens is 2. The van der Waals surface area contributed by atoms with Crippen LogP contribution in [0.15, 0.2) is 18.2 Å². The van der Waals surface area contributed by atoms with E-state index in [9.17, 15) is 0 Å². The summed E-state index contributed by atoms with van der Waals surface area (Å²) < 4.78 is 0. The third-order valence-electron chi connectivity index (χ3n) is 2.04. The molecule has 3 N–H and O–H groups in total. The zero-order valence-electron chi connectivity index (χ0n) is 6.99. The van der Waals surface area contributed by atoms with Gasteiger partial charge in [0.25, 0.3) is 0 Å². The number of nitrogens with zero attached hydrogens (tertiary/aromatic N) is 1. The van der Waals surface area contributed by atoms with Crippen LogP contribution in [0, 0.1) is 0 Å². The van der Waals surface area contributed by atoms with Crippen LogP contribution in [0.1, 0.15) is 11.3 Å². The number of aliphatic hydroxyl groups excluding tert-OH is 2. The van der Waals surface area contributed by atoms with Gasteiger partial charge in [-0.1, -0.05) is 12.1 Å². The number of fused-ring (bicyclic) bond motifs is 1. The van der Waals surface area contributed by atoms with Gasteiger partial charge in [0.05, 0.1) is 24.4 Å². The molecule has 0 fully saturated rings. The molecule has 0 radical (unpaired) electrons. The van der Waals surface area contributed by atoms with E-state index in [0.717, 1.165) is 16.5 Å². The number of H-pyrrole nitrogens is 1. The normalized spacial score (nSPS) is 10.9. The lowest BCUT2D eigenvalue weighted by Gasteiger charge is -1.95. The quantitative estimate of drug-likeness (QED) is 0.629. The molecule has 4 heteroatoms. The third-order valence-corrected chi connectivity index (χ3v) is 2.04. The average molecular weight is 178 g/mol. The van der Waals surface area contributed by atoms with Gasteiger partial charge in [0.15, 0.2) is 0 Å². The molecule has 0 saturated heterocycles. The van der Waals surface area contributed by atoms with E-state index >= 15 is 0 Å². The highest BCUT2D eigenvalue weighted by Gasteiger charge is 2.03. The van der Waals surface area contributed by atoms with Crippen molar-refractivity contribution in [1.82, 2.24) is 10.2 Å². The average Bonchev–Trinajstić information content (AvgIpc) is 2.59. The van der Waals surface area contributed by atoms with Crippen molar-refractivity contribution in [3.8, 4) is 0 Å². The van der Waals surface area contributed by atoms with Gasteiger partial charge in [-0.25, -0.2) is 0 Å². The standard InChI is InChI=1S/C9H10N2O2/c12-4-6-1-2-7-8(3-6)10-11-9(7)5-13/h1-3,12-13H,4-5H2,(H,10,11). The molecule has 0 aliphatic carbocycles. The Labute approximate surface area is 74.8 Å². The van der Waals surface area contributed by atoms with Crippen molar-refractivity contribution in [1.29, 1.82) is 0 Å². The maximum atomic E-state index is 8.92. The number of rotatable bonds is 2. The molecule has 0 aliphatic heterocycles. The van der Waals surface area contributed by atoms with Crippen LogP contribution in [0.3, 0.4) is 0 Å². The fraction of sp³-hybridized carbons (Fsp3) is 0.222. The van der Waals surface area contributed by atoms with E-state index in [1.165, 1.54) is 0 Å². The Morgan fingerprint density at radius 2 is 2.08 bits per heavy atom. The van der Waals surface area contributed by atoms with E-state index in [2.05, 4.69) is 10.2 Å². The van der Waals surface area contributed by atoms with Crippen LogP contribution in [-0.4, -0.2) is 20.4 Å². The van der Waals surface area contributed by atoms with Crippen molar-refractivity contribution in [3.63, 3.8) is 0 Å². The molecule has 0 spiro atoms. The minimum absolute atomic E-state index is 0.0173. The van der Waals surface area contributed by atoms with E-state index in [1.54, 1.807) is 0 Å². The number of hydrogen-bond donors (Lipinski definition) is 3. The highest BCUT2D eigenvalue weighted by molar-refractivity contribution is 5.81. The van der Waals surface area contributed by atoms with Gasteiger partial charge < -0.3 is 10.2 Å². The molecule has 1 aromatic heterocycles. The molecule has 2 aromatic rings. The summed E-state index contributed by atoms with van der Waals surface area (Å²) in [6.07, 6.45) is 0. The van der Waals surface area contributed by atoms with Crippen LogP contribution in [0.2, 0.25) is 0 Å². The van der Waals surface area contributed by atoms with Crippen molar-refractivity contribution in [2.24, 2.45) is 0 Å². The maximum Gasteiger partial charge on any atom is 0.0955 e. The summed E-state index contributed by atoms with van der Waals surface area (Å²) in [6.45, 7) is -0.0537. The van der Waals surface area contributed by atoms with Gasteiger partial charge in [-0.2, -0.15) is 5.10 Å². The molecule has 0 aliphatic rings. The summed E-state index contributed by atoms with van der Waals surface area (Å²) in [5.74, 6) is 0. The molecule has 1 heterocycles. The van der Waals surface area contributed by atoms with Gasteiger partial charge in [-0.15, -0.1) is 0 Å². The fourth-order valence-corrected chi connectivity index (χ4v) is 1.34. The zero-order valence-corrected chi connectivity index (χ0v) is 6.99. The molecule has 0 saturated carbocycles. The highest BCUT2D eigenvalue weighted by atomic mass is 16.3. The lowest BCUT2D eigenvalue weighted by molar-refractivity contribution is 0.278. The van der Waals surface area contributed by atoms with Crippen LogP contribution >= 0.6 is 0 Å². The Hall–Kier alpha value is -1.39. The first-order chi connectivity index (χ1) is 6.35. The molecule has 0 atom stereocenters. The van der Waals surface area contributed by atoms with Crippen molar-refractivity contribution < 1.29 is 10.2 Å². The molecular formula is C9H10N2O2. The second-order valence-corrected chi connectivity index (χ2v) is 2.87. The molecule has 0 bridgehead atoms. The lowest BCUT2D eigenvalue weighted by Crippen LogP contribution is -1.84. The number of aliphatic hydroxyl groups is 2. The van der Waals surface area contributed by atoms with E-state index in [1.807, 2.05) is 18.2 Å². The van der Waals surface area contributed by atoms with Crippen LogP contribution in [0.5, 0.6) is 0 Å². The minimum Gasteiger partial charge on any atom is -0.392 e. The second kappa shape index (κ2) is 3.16. The predicted octanol–water partition coefficient (Wildman–Crippen LogP) is 0.547. The summed E-state index contributed by atoms with van der Waals surface area (Å²) in [6, 6.07) is 5.48. The number of hydrogen-bond acceptors (Lipinski definition) is 3. The molecular weight excluding hydrogens is 168 g/mol. The van der Waals surface area contributed by atoms with Gasteiger partial charge in [0.2, 0.25) is 0 Å². The summed E-state index contributed by atoms with van der Waals surface area (Å²) in [4.78, 5) is 0. The third kappa shape index (κ3) is 1.30. The second-order valence-electron chi connectivity index (χ2n) is 2.87. The monoisotopic (exact) mass is 178 g/mol. The first-order valence-corrected chi connectivity index (χ1v) is 4.02. The SMILES string of the molecule is OCc1ccc2c(CO)n[nH]c2c1. The van der Waals surface area contributed by atoms with Gasteiger partial charge in [-0.05, 0) is 11.6 Å². The lowest BCUT2D eigenvalue weighted by atomic mass is 10.1. The molecule has 1 aromatic carbocycles. The van der Waals surface area contributed by atoms with Gasteiger partial charge >= 0.3 is 0 Å². The van der Waals surface area contributed by atoms with Gasteiger partial charge in [-0.3, -0.25) is 5.10 Å². The first-order valence-electron chi connectivity index (χ1n) is 4.02. The molecule has 0 unspecified atom stereocenters. The fourth-order valence-electron chi connectivity index (χ4n) is 1.34. The summed E-state index contributed by atoms with van der Waals surface area (Å²) in [5.41, 5.74) is 2.32. The maximum absolute atomic E-state index is 8.92. The zero-order chi connectivity index (χ0) is 9.26. The van der Waals surface area contributed by atoms with Crippen molar-refractivity contribution >= 4 is 10.9 Å². The smallest absolute Gasteiger partial charge is 0.0955 e. The first kappa shape index (κ1) is 8.22. The van der Waals surface area contributed by atoms with Crippen LogP contribution in [0.25, 0.3) is 10.9 Å². The number of nitrogens with one attached hydrogen (secondary N) is 1. The summed E-state index contributed by atoms with van der Waals surface area (Å²) in [7, 11) is 0. The molecule has 0 amide bonds. The van der Waals surface area contributed by atoms with E-state index in [-0.39, 0.29) is 13.2 Å². The Bertz CT molecular complexity index is 422. The molecule has 68 valence electrons. The Balaban J connectivity index is 2.61. The van der Waals surface area contributed by atoms with Crippen molar-refractivity contribution in [3.05, 3.63) is 29.5 Å². The molecule has 4 nitrogen and oxygen atoms in total. The van der Waals surface area contributed by atoms with Crippen molar-refractivity contribution in [2.45, 2.75) is 13.2 Å². The van der Waals surface area contributed by atoms with E-state index in [4.69, 9.17) is 10.2 Å². The Morgan fingerprint density at radius 1 is 1.23 bits per heavy atom. The minimum atomic E-state index is -0.0710. The topological polar surface area (TPSA) is 69.1 Å². The number of benzene rings is 1. The Morgan fingerprint density at radius 3 is 2.77 bits per heavy atom. The van der Waals surface area contributed by atoms with Gasteiger partial charge in [0.1, 0.15) is 0 Å². The van der Waals surface area contributed by atoms with Crippen LogP contribution in [-0.2, 0) is 13.2 Å². The van der Waals surface area contributed by atoms with Crippen LogP contribution < -0.4 is 0 Å². The molecule has 2 rings (SSSR count). The van der Waals surface area contributed by atoms with E-state index < -0.39 is 0 Å². The highest BCUT2D eigenvalue weighted by Crippen LogP contribution is 2.17. The summed E-state index contributed by atoms with van der Waals surface area (Å²) >= 11 is 0. The predicted molar refractivity (Wildman–Crippen MR) is 47.9 cm³/mol. The molecule has 13 heavy (non-hydrogen) atoms. The number of aromatic amines is 1. The van der Waals surface area contributed by atoms with Crippen LogP contribution in [0.4, 0.5) is 0 Å². The van der Waals surface area contributed by atoms with Gasteiger partial charge in [0, 0.05) is 5.39 Å². The largest absolute Gasteiger partial charge is 0.392 e. The van der Waals surface area contributed by atoms with E-state index in [0.29, 0.717) is 5.69 Å². The Kier molecular flexibility index (Phi) is 2.00.